The first-order valence-electron chi connectivity index (χ1n) is 13.0. The van der Waals surface area contributed by atoms with E-state index in [1.165, 1.54) is 57.8 Å². The Balaban J connectivity index is 1.32. The summed E-state index contributed by atoms with van der Waals surface area (Å²) in [6.07, 6.45) is 15.9. The SMILES string of the molecule is CCCc1ccc2cc(CCC3CCC(C4CCC(CC)CC4)CC3)c(F)c(F)c2c1. The molecule has 0 radical (unpaired) electrons. The molecule has 0 aliphatic heterocycles. The summed E-state index contributed by atoms with van der Waals surface area (Å²) in [6, 6.07) is 7.74. The first-order chi connectivity index (χ1) is 15.1. The fourth-order valence-corrected chi connectivity index (χ4v) is 6.43. The van der Waals surface area contributed by atoms with Gasteiger partial charge >= 0.3 is 0 Å². The van der Waals surface area contributed by atoms with E-state index in [4.69, 9.17) is 0 Å². The van der Waals surface area contributed by atoms with Gasteiger partial charge < -0.3 is 0 Å². The Bertz CT molecular complexity index is 855. The molecule has 0 heterocycles. The highest BCUT2D eigenvalue weighted by molar-refractivity contribution is 5.84. The van der Waals surface area contributed by atoms with Crippen molar-refractivity contribution in [1.82, 2.24) is 0 Å². The van der Waals surface area contributed by atoms with Gasteiger partial charge in [0, 0.05) is 5.39 Å². The van der Waals surface area contributed by atoms with Crippen molar-refractivity contribution in [3.8, 4) is 0 Å². The molecule has 31 heavy (non-hydrogen) atoms. The van der Waals surface area contributed by atoms with E-state index >= 15 is 0 Å². The molecule has 0 N–H and O–H groups in total. The Morgan fingerprint density at radius 1 is 0.742 bits per heavy atom. The lowest BCUT2D eigenvalue weighted by Gasteiger charge is -2.37. The predicted molar refractivity (Wildman–Crippen MR) is 127 cm³/mol. The zero-order chi connectivity index (χ0) is 21.8. The smallest absolute Gasteiger partial charge is 0.166 e. The maximum atomic E-state index is 14.8. The second kappa shape index (κ2) is 10.5. The van der Waals surface area contributed by atoms with Crippen LogP contribution in [-0.2, 0) is 12.8 Å². The van der Waals surface area contributed by atoms with Gasteiger partial charge in [-0.2, -0.15) is 0 Å². The highest BCUT2D eigenvalue weighted by Crippen LogP contribution is 2.42. The van der Waals surface area contributed by atoms with Crippen LogP contribution in [0.15, 0.2) is 24.3 Å². The Kier molecular flexibility index (Phi) is 7.67. The molecule has 0 spiro atoms. The van der Waals surface area contributed by atoms with Crippen LogP contribution in [0.3, 0.4) is 0 Å². The monoisotopic (exact) mass is 426 g/mol. The number of aryl methyl sites for hydroxylation is 2. The Morgan fingerprint density at radius 2 is 1.39 bits per heavy atom. The van der Waals surface area contributed by atoms with Crippen molar-refractivity contribution in [3.05, 3.63) is 47.0 Å². The summed E-state index contributed by atoms with van der Waals surface area (Å²) in [5.41, 5.74) is 1.65. The van der Waals surface area contributed by atoms with Gasteiger partial charge in [-0.15, -0.1) is 0 Å². The summed E-state index contributed by atoms with van der Waals surface area (Å²) < 4.78 is 29.6. The Hall–Kier alpha value is -1.44. The van der Waals surface area contributed by atoms with Crippen LogP contribution >= 0.6 is 0 Å². The van der Waals surface area contributed by atoms with Gasteiger partial charge in [0.15, 0.2) is 11.6 Å². The molecule has 2 aromatic rings. The standard InChI is InChI=1S/C29H40F2/c1-3-5-22-11-16-25-19-26(28(30)29(31)27(25)18-22)17-10-21-8-14-24(15-9-21)23-12-6-20(4-2)7-13-23/h11,16,18-21,23-24H,3-10,12-15,17H2,1-2H3. The van der Waals surface area contributed by atoms with E-state index < -0.39 is 11.6 Å². The number of halogens is 2. The fraction of sp³-hybridized carbons (Fsp3) is 0.655. The summed E-state index contributed by atoms with van der Waals surface area (Å²) in [7, 11) is 0. The Labute approximate surface area is 187 Å². The van der Waals surface area contributed by atoms with Crippen molar-refractivity contribution in [2.24, 2.45) is 23.7 Å². The second-order valence-corrected chi connectivity index (χ2v) is 10.5. The fourth-order valence-electron chi connectivity index (χ4n) is 6.43. The first kappa shape index (κ1) is 22.7. The van der Waals surface area contributed by atoms with Crippen LogP contribution in [0.4, 0.5) is 8.78 Å². The van der Waals surface area contributed by atoms with E-state index in [0.29, 0.717) is 23.3 Å². The Morgan fingerprint density at radius 3 is 2.00 bits per heavy atom. The number of hydrogen-bond donors (Lipinski definition) is 0. The molecule has 0 bridgehead atoms. The van der Waals surface area contributed by atoms with Gasteiger partial charge in [-0.05, 0) is 97.3 Å². The van der Waals surface area contributed by atoms with Crippen molar-refractivity contribution in [2.75, 3.05) is 0 Å². The average Bonchev–Trinajstić information content (AvgIpc) is 2.81. The van der Waals surface area contributed by atoms with E-state index in [2.05, 4.69) is 19.9 Å². The lowest BCUT2D eigenvalue weighted by atomic mass is 9.68. The second-order valence-electron chi connectivity index (χ2n) is 10.5. The van der Waals surface area contributed by atoms with Crippen LogP contribution in [-0.4, -0.2) is 0 Å². The van der Waals surface area contributed by atoms with Gasteiger partial charge in [0.2, 0.25) is 0 Å². The van der Waals surface area contributed by atoms with Crippen molar-refractivity contribution in [3.63, 3.8) is 0 Å². The summed E-state index contributed by atoms with van der Waals surface area (Å²) in [5.74, 6) is 2.24. The van der Waals surface area contributed by atoms with Gasteiger partial charge in [0.25, 0.3) is 0 Å². The third-order valence-corrected chi connectivity index (χ3v) is 8.55. The molecule has 0 amide bonds. The zero-order valence-corrected chi connectivity index (χ0v) is 19.6. The van der Waals surface area contributed by atoms with Crippen LogP contribution in [0.2, 0.25) is 0 Å². The molecule has 0 aromatic heterocycles. The first-order valence-corrected chi connectivity index (χ1v) is 13.0. The molecule has 0 atom stereocenters. The average molecular weight is 427 g/mol. The molecular weight excluding hydrogens is 386 g/mol. The van der Waals surface area contributed by atoms with E-state index in [9.17, 15) is 8.78 Å². The van der Waals surface area contributed by atoms with Crippen LogP contribution in [0.1, 0.15) is 95.6 Å². The minimum atomic E-state index is -0.656. The summed E-state index contributed by atoms with van der Waals surface area (Å²) >= 11 is 0. The quantitative estimate of drug-likeness (QED) is 0.414. The van der Waals surface area contributed by atoms with Gasteiger partial charge in [-0.3, -0.25) is 0 Å². The number of benzene rings is 2. The van der Waals surface area contributed by atoms with E-state index in [-0.39, 0.29) is 0 Å². The van der Waals surface area contributed by atoms with Gasteiger partial charge in [-0.1, -0.05) is 64.5 Å². The van der Waals surface area contributed by atoms with Crippen LogP contribution in [0.25, 0.3) is 10.8 Å². The highest BCUT2D eigenvalue weighted by atomic mass is 19.2. The molecule has 2 fully saturated rings. The largest absolute Gasteiger partial charge is 0.203 e. The highest BCUT2D eigenvalue weighted by Gasteiger charge is 2.30. The number of rotatable bonds is 7. The van der Waals surface area contributed by atoms with Crippen LogP contribution in [0.5, 0.6) is 0 Å². The third kappa shape index (κ3) is 5.32. The zero-order valence-electron chi connectivity index (χ0n) is 19.6. The molecule has 2 aromatic carbocycles. The number of hydrogen-bond acceptors (Lipinski definition) is 0. The van der Waals surface area contributed by atoms with Gasteiger partial charge in [-0.25, -0.2) is 8.78 Å². The van der Waals surface area contributed by atoms with Crippen molar-refractivity contribution < 1.29 is 8.78 Å². The van der Waals surface area contributed by atoms with E-state index in [1.54, 1.807) is 0 Å². The van der Waals surface area contributed by atoms with Crippen molar-refractivity contribution >= 4 is 10.8 Å². The lowest BCUT2D eigenvalue weighted by Crippen LogP contribution is -2.25. The summed E-state index contributed by atoms with van der Waals surface area (Å²) in [6.45, 7) is 4.44. The van der Waals surface area contributed by atoms with E-state index in [0.717, 1.165) is 48.0 Å². The maximum absolute atomic E-state index is 14.8. The molecule has 0 saturated heterocycles. The summed E-state index contributed by atoms with van der Waals surface area (Å²) in [4.78, 5) is 0. The molecule has 2 saturated carbocycles. The van der Waals surface area contributed by atoms with E-state index in [1.807, 2.05) is 18.2 Å². The summed E-state index contributed by atoms with van der Waals surface area (Å²) in [5, 5.41) is 1.27. The molecule has 0 nitrogen and oxygen atoms in total. The van der Waals surface area contributed by atoms with Gasteiger partial charge in [0.1, 0.15) is 0 Å². The maximum Gasteiger partial charge on any atom is 0.166 e. The third-order valence-electron chi connectivity index (χ3n) is 8.55. The normalized spacial score (nSPS) is 27.0. The number of fused-ring (bicyclic) bond motifs is 1. The predicted octanol–water partition coefficient (Wildman–Crippen LogP) is 9.03. The van der Waals surface area contributed by atoms with Gasteiger partial charge in [0.05, 0.1) is 0 Å². The lowest BCUT2D eigenvalue weighted by molar-refractivity contribution is 0.142. The topological polar surface area (TPSA) is 0 Å². The molecule has 170 valence electrons. The molecular formula is C29H40F2. The molecule has 2 heteroatoms. The van der Waals surface area contributed by atoms with Crippen LogP contribution in [0, 0.1) is 35.3 Å². The van der Waals surface area contributed by atoms with Crippen LogP contribution < -0.4 is 0 Å². The molecule has 0 unspecified atom stereocenters. The van der Waals surface area contributed by atoms with Crippen molar-refractivity contribution in [2.45, 2.75) is 97.3 Å². The van der Waals surface area contributed by atoms with Crippen molar-refractivity contribution in [1.29, 1.82) is 0 Å². The minimum absolute atomic E-state index is 0.436. The molecule has 4 rings (SSSR count). The molecule has 2 aliphatic carbocycles. The minimum Gasteiger partial charge on any atom is -0.203 e. The molecule has 2 aliphatic rings.